The Labute approximate surface area is 126 Å². The minimum absolute atomic E-state index is 0.145. The number of piperidine rings is 1. The van der Waals surface area contributed by atoms with Crippen molar-refractivity contribution in [1.82, 2.24) is 4.90 Å². The molecule has 104 valence electrons. The number of hydrogen-bond acceptors (Lipinski definition) is 4. The van der Waals surface area contributed by atoms with E-state index in [9.17, 15) is 10.1 Å². The highest BCUT2D eigenvalue weighted by molar-refractivity contribution is 14.1. The van der Waals surface area contributed by atoms with Crippen molar-refractivity contribution >= 4 is 34.0 Å². The first kappa shape index (κ1) is 14.5. The van der Waals surface area contributed by atoms with Gasteiger partial charge >= 0.3 is 0 Å². The van der Waals surface area contributed by atoms with Gasteiger partial charge < -0.3 is 10.2 Å². The molecular formula is C13H18IN3O2. The van der Waals surface area contributed by atoms with Crippen LogP contribution in [0.15, 0.2) is 18.2 Å². The zero-order chi connectivity index (χ0) is 14.0. The van der Waals surface area contributed by atoms with Gasteiger partial charge in [-0.05, 0) is 55.5 Å². The third kappa shape index (κ3) is 3.56. The van der Waals surface area contributed by atoms with Gasteiger partial charge in [0.05, 0.1) is 4.92 Å². The Morgan fingerprint density at radius 2 is 2.26 bits per heavy atom. The topological polar surface area (TPSA) is 58.4 Å². The molecule has 1 aromatic carbocycles. The largest absolute Gasteiger partial charge is 0.381 e. The van der Waals surface area contributed by atoms with Crippen molar-refractivity contribution in [2.75, 3.05) is 18.9 Å². The maximum absolute atomic E-state index is 10.7. The minimum atomic E-state index is -0.358. The van der Waals surface area contributed by atoms with E-state index in [0.717, 1.165) is 28.6 Å². The van der Waals surface area contributed by atoms with E-state index < -0.39 is 0 Å². The van der Waals surface area contributed by atoms with Gasteiger partial charge in [-0.3, -0.25) is 10.1 Å². The molecule has 0 aromatic heterocycles. The molecule has 2 atom stereocenters. The molecule has 0 saturated carbocycles. The summed E-state index contributed by atoms with van der Waals surface area (Å²) in [7, 11) is 2.15. The third-order valence-corrected chi connectivity index (χ3v) is 4.62. The lowest BCUT2D eigenvalue weighted by Crippen LogP contribution is -2.42. The van der Waals surface area contributed by atoms with E-state index in [1.165, 1.54) is 0 Å². The Hall–Kier alpha value is -0.890. The maximum atomic E-state index is 10.7. The van der Waals surface area contributed by atoms with Crippen LogP contribution in [0, 0.1) is 13.7 Å². The summed E-state index contributed by atoms with van der Waals surface area (Å²) >= 11 is 2.15. The van der Waals surface area contributed by atoms with E-state index in [1.807, 2.05) is 6.07 Å². The molecule has 1 aromatic rings. The molecule has 0 aliphatic carbocycles. The molecule has 5 nitrogen and oxygen atoms in total. The average molecular weight is 375 g/mol. The predicted molar refractivity (Wildman–Crippen MR) is 84.6 cm³/mol. The molecule has 6 heteroatoms. The van der Waals surface area contributed by atoms with Crippen LogP contribution in [-0.4, -0.2) is 35.5 Å². The first-order valence-corrected chi connectivity index (χ1v) is 7.46. The van der Waals surface area contributed by atoms with Crippen LogP contribution in [-0.2, 0) is 0 Å². The molecule has 2 rings (SSSR count). The number of nitrogens with zero attached hydrogens (tertiary/aromatic N) is 2. The fourth-order valence-electron chi connectivity index (χ4n) is 2.38. The molecule has 0 radical (unpaired) electrons. The molecule has 1 aliphatic rings. The fraction of sp³-hybridized carbons (Fsp3) is 0.538. The number of rotatable bonds is 3. The normalized spacial score (nSPS) is 24.2. The number of non-ortho nitro benzene ring substituents is 1. The van der Waals surface area contributed by atoms with Crippen molar-refractivity contribution < 1.29 is 4.92 Å². The third-order valence-electron chi connectivity index (χ3n) is 3.73. The molecule has 1 aliphatic heterocycles. The highest BCUT2D eigenvalue weighted by Crippen LogP contribution is 2.26. The molecule has 1 fully saturated rings. The van der Waals surface area contributed by atoms with Gasteiger partial charge in [0.1, 0.15) is 0 Å². The molecule has 19 heavy (non-hydrogen) atoms. The lowest BCUT2D eigenvalue weighted by atomic mass is 9.98. The Bertz CT molecular complexity index is 481. The van der Waals surface area contributed by atoms with E-state index in [0.29, 0.717) is 12.1 Å². The van der Waals surface area contributed by atoms with Gasteiger partial charge in [-0.25, -0.2) is 0 Å². The molecule has 1 heterocycles. The predicted octanol–water partition coefficient (Wildman–Crippen LogP) is 3.09. The van der Waals surface area contributed by atoms with Crippen molar-refractivity contribution in [3.05, 3.63) is 31.9 Å². The number of likely N-dealkylation sites (tertiary alicyclic amines) is 1. The second kappa shape index (κ2) is 6.04. The van der Waals surface area contributed by atoms with E-state index >= 15 is 0 Å². The minimum Gasteiger partial charge on any atom is -0.381 e. The SMILES string of the molecule is CC1CC(Nc2ccc([N+](=O)[O-])cc2I)CCN1C. The summed E-state index contributed by atoms with van der Waals surface area (Å²) in [5.41, 5.74) is 1.14. The highest BCUT2D eigenvalue weighted by Gasteiger charge is 2.23. The quantitative estimate of drug-likeness (QED) is 0.501. The van der Waals surface area contributed by atoms with Crippen LogP contribution < -0.4 is 5.32 Å². The summed E-state index contributed by atoms with van der Waals surface area (Å²) in [5, 5.41) is 14.2. The number of halogens is 1. The lowest BCUT2D eigenvalue weighted by molar-refractivity contribution is -0.384. The second-order valence-corrected chi connectivity index (χ2v) is 6.28. The van der Waals surface area contributed by atoms with Gasteiger partial charge in [0.2, 0.25) is 0 Å². The fourth-order valence-corrected chi connectivity index (χ4v) is 3.03. The van der Waals surface area contributed by atoms with Crippen LogP contribution in [0.5, 0.6) is 0 Å². The van der Waals surface area contributed by atoms with Gasteiger partial charge in [0, 0.05) is 40.0 Å². The molecular weight excluding hydrogens is 357 g/mol. The number of anilines is 1. The Balaban J connectivity index is 2.05. The van der Waals surface area contributed by atoms with Crippen LogP contribution in [0.3, 0.4) is 0 Å². The average Bonchev–Trinajstić information content (AvgIpc) is 2.36. The van der Waals surface area contributed by atoms with Gasteiger partial charge in [0.15, 0.2) is 0 Å². The summed E-state index contributed by atoms with van der Waals surface area (Å²) in [6.07, 6.45) is 2.21. The number of nitro benzene ring substituents is 1. The standard InChI is InChI=1S/C13H18IN3O2/c1-9-7-10(5-6-16(9)2)15-13-4-3-11(17(18)19)8-12(13)14/h3-4,8-10,15H,5-7H2,1-2H3. The number of hydrogen-bond donors (Lipinski definition) is 1. The molecule has 0 bridgehead atoms. The van der Waals surface area contributed by atoms with Gasteiger partial charge in [0.25, 0.3) is 5.69 Å². The Morgan fingerprint density at radius 1 is 1.53 bits per heavy atom. The van der Waals surface area contributed by atoms with E-state index in [2.05, 4.69) is 46.8 Å². The van der Waals surface area contributed by atoms with Crippen LogP contribution in [0.2, 0.25) is 0 Å². The first-order valence-electron chi connectivity index (χ1n) is 6.38. The van der Waals surface area contributed by atoms with Gasteiger partial charge in [-0.15, -0.1) is 0 Å². The van der Waals surface area contributed by atoms with E-state index in [4.69, 9.17) is 0 Å². The number of benzene rings is 1. The maximum Gasteiger partial charge on any atom is 0.270 e. The monoisotopic (exact) mass is 375 g/mol. The van der Waals surface area contributed by atoms with E-state index in [-0.39, 0.29) is 10.6 Å². The van der Waals surface area contributed by atoms with Crippen molar-refractivity contribution in [3.63, 3.8) is 0 Å². The lowest BCUT2D eigenvalue weighted by Gasteiger charge is -2.35. The summed E-state index contributed by atoms with van der Waals surface area (Å²) in [6.45, 7) is 3.32. The molecule has 1 N–H and O–H groups in total. The van der Waals surface area contributed by atoms with Crippen molar-refractivity contribution in [2.45, 2.75) is 31.8 Å². The molecule has 2 unspecified atom stereocenters. The van der Waals surface area contributed by atoms with Crippen LogP contribution >= 0.6 is 22.6 Å². The van der Waals surface area contributed by atoms with Crippen molar-refractivity contribution in [2.24, 2.45) is 0 Å². The summed E-state index contributed by atoms with van der Waals surface area (Å²) < 4.78 is 0.901. The van der Waals surface area contributed by atoms with E-state index in [1.54, 1.807) is 12.1 Å². The molecule has 0 amide bonds. The molecule has 0 spiro atoms. The smallest absolute Gasteiger partial charge is 0.270 e. The number of nitrogens with one attached hydrogen (secondary N) is 1. The van der Waals surface area contributed by atoms with Crippen LogP contribution in [0.25, 0.3) is 0 Å². The highest BCUT2D eigenvalue weighted by atomic mass is 127. The number of nitro groups is 1. The van der Waals surface area contributed by atoms with Gasteiger partial charge in [-0.1, -0.05) is 0 Å². The summed E-state index contributed by atoms with van der Waals surface area (Å²) in [6, 6.07) is 6.00. The zero-order valence-electron chi connectivity index (χ0n) is 11.1. The summed E-state index contributed by atoms with van der Waals surface area (Å²) in [5.74, 6) is 0. The Morgan fingerprint density at radius 3 is 2.84 bits per heavy atom. The second-order valence-electron chi connectivity index (χ2n) is 5.12. The van der Waals surface area contributed by atoms with Crippen molar-refractivity contribution in [3.8, 4) is 0 Å². The van der Waals surface area contributed by atoms with Crippen molar-refractivity contribution in [1.29, 1.82) is 0 Å². The Kier molecular flexibility index (Phi) is 4.62. The molecule has 1 saturated heterocycles. The van der Waals surface area contributed by atoms with Crippen LogP contribution in [0.1, 0.15) is 19.8 Å². The van der Waals surface area contributed by atoms with Crippen LogP contribution in [0.4, 0.5) is 11.4 Å². The van der Waals surface area contributed by atoms with Gasteiger partial charge in [-0.2, -0.15) is 0 Å². The zero-order valence-corrected chi connectivity index (χ0v) is 13.3. The summed E-state index contributed by atoms with van der Waals surface area (Å²) in [4.78, 5) is 12.7. The first-order chi connectivity index (χ1) is 8.97.